The number of aromatic nitrogens is 3. The Kier molecular flexibility index (Phi) is 5.72. The van der Waals surface area contributed by atoms with Gasteiger partial charge in [0.2, 0.25) is 0 Å². The van der Waals surface area contributed by atoms with E-state index in [1.165, 1.54) is 12.8 Å². The fraction of sp³-hybridized carbons (Fsp3) is 0.435. The SMILES string of the molecule is Cc1cc(Cc2c(C3CCC(C4C=CC=CC4)CC3)[nH]c(=S)[nH]c2=O)ccn1. The van der Waals surface area contributed by atoms with Gasteiger partial charge in [-0.1, -0.05) is 24.3 Å². The van der Waals surface area contributed by atoms with Gasteiger partial charge in [-0.05, 0) is 86.7 Å². The Morgan fingerprint density at radius 2 is 2.00 bits per heavy atom. The fourth-order valence-corrected chi connectivity index (χ4v) is 4.96. The van der Waals surface area contributed by atoms with Crippen LogP contribution in [0, 0.1) is 23.5 Å². The molecule has 1 saturated carbocycles. The maximum atomic E-state index is 12.7. The van der Waals surface area contributed by atoms with Crippen LogP contribution >= 0.6 is 12.2 Å². The second-order valence-electron chi connectivity index (χ2n) is 8.11. The molecular weight excluding hydrogens is 366 g/mol. The van der Waals surface area contributed by atoms with Crippen LogP contribution in [0.1, 0.15) is 60.5 Å². The third kappa shape index (κ3) is 4.25. The molecule has 2 aliphatic rings. The van der Waals surface area contributed by atoms with Gasteiger partial charge in [-0.2, -0.15) is 0 Å². The topological polar surface area (TPSA) is 61.5 Å². The Labute approximate surface area is 170 Å². The minimum Gasteiger partial charge on any atom is -0.335 e. The van der Waals surface area contributed by atoms with Crippen LogP contribution in [0.25, 0.3) is 0 Å². The van der Waals surface area contributed by atoms with Gasteiger partial charge in [0.05, 0.1) is 0 Å². The lowest BCUT2D eigenvalue weighted by Gasteiger charge is -2.33. The normalized spacial score (nSPS) is 24.4. The summed E-state index contributed by atoms with van der Waals surface area (Å²) in [5.74, 6) is 1.79. The standard InChI is InChI=1S/C23H27N3OS/c1-15-13-16(11-12-24-15)14-20-21(25-23(28)26-22(20)27)19-9-7-18(8-10-19)17-5-3-2-4-6-17/h2-5,11-13,17-19H,6-10,14H2,1H3,(H2,25,26,27,28). The van der Waals surface area contributed by atoms with Gasteiger partial charge >= 0.3 is 0 Å². The molecule has 4 rings (SSSR count). The lowest BCUT2D eigenvalue weighted by Crippen LogP contribution is -2.25. The molecule has 2 aliphatic carbocycles. The number of H-pyrrole nitrogens is 2. The van der Waals surface area contributed by atoms with Crippen molar-refractivity contribution in [2.45, 2.75) is 51.4 Å². The van der Waals surface area contributed by atoms with E-state index in [4.69, 9.17) is 12.2 Å². The van der Waals surface area contributed by atoms with Crippen molar-refractivity contribution in [2.75, 3.05) is 0 Å². The third-order valence-electron chi connectivity index (χ3n) is 6.22. The number of aromatic amines is 2. The molecule has 0 aliphatic heterocycles. The summed E-state index contributed by atoms with van der Waals surface area (Å²) < 4.78 is 0.428. The lowest BCUT2D eigenvalue weighted by molar-refractivity contribution is 0.262. The molecule has 28 heavy (non-hydrogen) atoms. The Morgan fingerprint density at radius 1 is 1.18 bits per heavy atom. The van der Waals surface area contributed by atoms with Gasteiger partial charge < -0.3 is 4.98 Å². The highest BCUT2D eigenvalue weighted by molar-refractivity contribution is 7.71. The Morgan fingerprint density at radius 3 is 2.71 bits per heavy atom. The van der Waals surface area contributed by atoms with Crippen LogP contribution in [-0.4, -0.2) is 15.0 Å². The molecule has 0 saturated heterocycles. The summed E-state index contributed by atoms with van der Waals surface area (Å²) in [5.41, 5.74) is 3.88. The van der Waals surface area contributed by atoms with Crippen molar-refractivity contribution in [1.29, 1.82) is 0 Å². The molecule has 0 spiro atoms. The first-order chi connectivity index (χ1) is 13.6. The molecule has 2 heterocycles. The molecule has 1 unspecified atom stereocenters. The van der Waals surface area contributed by atoms with Gasteiger partial charge in [0.25, 0.3) is 5.56 Å². The summed E-state index contributed by atoms with van der Waals surface area (Å²) in [6, 6.07) is 4.03. The zero-order chi connectivity index (χ0) is 19.5. The maximum Gasteiger partial charge on any atom is 0.255 e. The number of hydrogen-bond acceptors (Lipinski definition) is 3. The highest BCUT2D eigenvalue weighted by Crippen LogP contribution is 2.40. The van der Waals surface area contributed by atoms with Gasteiger partial charge in [0.15, 0.2) is 4.77 Å². The number of allylic oxidation sites excluding steroid dienone is 4. The van der Waals surface area contributed by atoms with Crippen LogP contribution < -0.4 is 5.56 Å². The minimum absolute atomic E-state index is 0.0595. The molecule has 2 aromatic rings. The van der Waals surface area contributed by atoms with E-state index in [-0.39, 0.29) is 5.56 Å². The first-order valence-corrected chi connectivity index (χ1v) is 10.6. The number of nitrogens with one attached hydrogen (secondary N) is 2. The first kappa shape index (κ1) is 19.1. The monoisotopic (exact) mass is 393 g/mol. The summed E-state index contributed by atoms with van der Waals surface area (Å²) in [6.07, 6.45) is 17.2. The first-order valence-electron chi connectivity index (χ1n) is 10.2. The van der Waals surface area contributed by atoms with Gasteiger partial charge in [0.1, 0.15) is 0 Å². The second kappa shape index (κ2) is 8.39. The Balaban J connectivity index is 1.56. The van der Waals surface area contributed by atoms with Crippen molar-refractivity contribution in [3.8, 4) is 0 Å². The van der Waals surface area contributed by atoms with Gasteiger partial charge in [-0.25, -0.2) is 0 Å². The Bertz CT molecular complexity index is 1010. The summed E-state index contributed by atoms with van der Waals surface area (Å²) in [5, 5.41) is 0. The summed E-state index contributed by atoms with van der Waals surface area (Å²) >= 11 is 5.29. The van der Waals surface area contributed by atoms with Crippen LogP contribution in [0.5, 0.6) is 0 Å². The van der Waals surface area contributed by atoms with Crippen molar-refractivity contribution in [3.63, 3.8) is 0 Å². The average molecular weight is 394 g/mol. The number of pyridine rings is 1. The summed E-state index contributed by atoms with van der Waals surface area (Å²) in [6.45, 7) is 1.98. The molecule has 0 bridgehead atoms. The van der Waals surface area contributed by atoms with E-state index in [0.717, 1.165) is 47.7 Å². The lowest BCUT2D eigenvalue weighted by atomic mass is 9.72. The van der Waals surface area contributed by atoms with E-state index in [2.05, 4.69) is 39.3 Å². The quantitative estimate of drug-likeness (QED) is 0.708. The predicted octanol–water partition coefficient (Wildman–Crippen LogP) is 5.13. The fourth-order valence-electron chi connectivity index (χ4n) is 4.76. The zero-order valence-corrected chi connectivity index (χ0v) is 17.1. The molecule has 1 fully saturated rings. The van der Waals surface area contributed by atoms with E-state index >= 15 is 0 Å². The second-order valence-corrected chi connectivity index (χ2v) is 8.52. The van der Waals surface area contributed by atoms with Crippen LogP contribution in [-0.2, 0) is 6.42 Å². The third-order valence-corrected chi connectivity index (χ3v) is 6.42. The maximum absolute atomic E-state index is 12.7. The van der Waals surface area contributed by atoms with E-state index in [9.17, 15) is 4.79 Å². The van der Waals surface area contributed by atoms with E-state index in [1.807, 2.05) is 19.1 Å². The van der Waals surface area contributed by atoms with Crippen molar-refractivity contribution in [3.05, 3.63) is 80.3 Å². The molecular formula is C23H27N3OS. The molecule has 0 amide bonds. The van der Waals surface area contributed by atoms with E-state index in [1.54, 1.807) is 6.20 Å². The highest BCUT2D eigenvalue weighted by Gasteiger charge is 2.29. The smallest absolute Gasteiger partial charge is 0.255 e. The van der Waals surface area contributed by atoms with E-state index in [0.29, 0.717) is 23.0 Å². The molecule has 0 radical (unpaired) electrons. The van der Waals surface area contributed by atoms with E-state index < -0.39 is 0 Å². The Hall–Kier alpha value is -2.27. The van der Waals surface area contributed by atoms with Crippen LogP contribution in [0.15, 0.2) is 47.4 Å². The molecule has 4 nitrogen and oxygen atoms in total. The molecule has 2 aromatic heterocycles. The largest absolute Gasteiger partial charge is 0.335 e. The number of nitrogens with zero attached hydrogens (tertiary/aromatic N) is 1. The number of aryl methyl sites for hydroxylation is 1. The molecule has 2 N–H and O–H groups in total. The van der Waals surface area contributed by atoms with Crippen molar-refractivity contribution >= 4 is 12.2 Å². The van der Waals surface area contributed by atoms with Gasteiger partial charge in [-0.3, -0.25) is 14.8 Å². The molecule has 5 heteroatoms. The number of rotatable bonds is 4. The van der Waals surface area contributed by atoms with Crippen LogP contribution in [0.3, 0.4) is 0 Å². The summed E-state index contributed by atoms with van der Waals surface area (Å²) in [4.78, 5) is 23.1. The predicted molar refractivity (Wildman–Crippen MR) is 115 cm³/mol. The molecule has 1 atom stereocenters. The van der Waals surface area contributed by atoms with Crippen molar-refractivity contribution in [1.82, 2.24) is 15.0 Å². The zero-order valence-electron chi connectivity index (χ0n) is 16.3. The summed E-state index contributed by atoms with van der Waals surface area (Å²) in [7, 11) is 0. The van der Waals surface area contributed by atoms with Gasteiger partial charge in [-0.15, -0.1) is 0 Å². The molecule has 146 valence electrons. The highest BCUT2D eigenvalue weighted by atomic mass is 32.1. The van der Waals surface area contributed by atoms with Gasteiger partial charge in [0, 0.05) is 29.6 Å². The van der Waals surface area contributed by atoms with Crippen LogP contribution in [0.2, 0.25) is 0 Å². The molecule has 0 aromatic carbocycles. The minimum atomic E-state index is -0.0595. The van der Waals surface area contributed by atoms with Crippen molar-refractivity contribution < 1.29 is 0 Å². The average Bonchev–Trinajstić information content (AvgIpc) is 2.71. The number of hydrogen-bond donors (Lipinski definition) is 2. The van der Waals surface area contributed by atoms with Crippen LogP contribution in [0.4, 0.5) is 0 Å². The van der Waals surface area contributed by atoms with Crippen molar-refractivity contribution in [2.24, 2.45) is 11.8 Å².